The molecule has 0 spiro atoms. The van der Waals surface area contributed by atoms with Crippen LogP contribution in [0.15, 0.2) is 30.5 Å². The van der Waals surface area contributed by atoms with Gasteiger partial charge in [-0.25, -0.2) is 4.79 Å². The number of aromatic amines is 1. The van der Waals surface area contributed by atoms with Gasteiger partial charge >= 0.3 is 5.97 Å². The number of thiol groups is 1. The Balaban J connectivity index is 2.08. The number of amides is 3. The fourth-order valence-corrected chi connectivity index (χ4v) is 3.00. The van der Waals surface area contributed by atoms with E-state index in [1.807, 2.05) is 24.3 Å². The molecule has 0 saturated carbocycles. The van der Waals surface area contributed by atoms with E-state index in [-0.39, 0.29) is 12.2 Å². The Morgan fingerprint density at radius 2 is 1.83 bits per heavy atom. The summed E-state index contributed by atoms with van der Waals surface area (Å²) in [6.45, 7) is 1.04. The van der Waals surface area contributed by atoms with Gasteiger partial charge in [0, 0.05) is 29.3 Å². The lowest BCUT2D eigenvalue weighted by Crippen LogP contribution is -2.53. The van der Waals surface area contributed by atoms with E-state index >= 15 is 0 Å². The van der Waals surface area contributed by atoms with Crippen LogP contribution >= 0.6 is 12.6 Å². The average molecular weight is 436 g/mol. The second-order valence-electron chi connectivity index (χ2n) is 6.77. The molecule has 1 aromatic heterocycles. The molecule has 10 nitrogen and oxygen atoms in total. The van der Waals surface area contributed by atoms with Crippen molar-refractivity contribution >= 4 is 47.2 Å². The molecule has 0 saturated heterocycles. The summed E-state index contributed by atoms with van der Waals surface area (Å²) < 4.78 is 0. The molecule has 0 aliphatic heterocycles. The maximum atomic E-state index is 12.7. The van der Waals surface area contributed by atoms with E-state index in [2.05, 4.69) is 33.6 Å². The van der Waals surface area contributed by atoms with Gasteiger partial charge in [-0.15, -0.1) is 0 Å². The van der Waals surface area contributed by atoms with Gasteiger partial charge < -0.3 is 31.8 Å². The van der Waals surface area contributed by atoms with Crippen molar-refractivity contribution in [2.45, 2.75) is 31.5 Å². The summed E-state index contributed by atoms with van der Waals surface area (Å²) in [5.41, 5.74) is 7.28. The van der Waals surface area contributed by atoms with Gasteiger partial charge in [0.05, 0.1) is 12.6 Å². The highest BCUT2D eigenvalue weighted by Gasteiger charge is 2.25. The first kappa shape index (κ1) is 23.2. The first-order valence-electron chi connectivity index (χ1n) is 9.24. The van der Waals surface area contributed by atoms with Crippen molar-refractivity contribution in [3.63, 3.8) is 0 Å². The SMILES string of the molecule is CC(N)C(=O)NC(Cc1c[nH]c2ccccc12)C(=O)NCC(=O)NC(CS)C(=O)O. The number of rotatable bonds is 10. The van der Waals surface area contributed by atoms with Gasteiger partial charge in [-0.2, -0.15) is 12.6 Å². The summed E-state index contributed by atoms with van der Waals surface area (Å²) in [6, 6.07) is 4.55. The predicted octanol–water partition coefficient (Wildman–Crippen LogP) is -0.842. The number of carbonyl (C=O) groups excluding carboxylic acids is 3. The summed E-state index contributed by atoms with van der Waals surface area (Å²) in [7, 11) is 0. The van der Waals surface area contributed by atoms with Crippen molar-refractivity contribution in [2.24, 2.45) is 5.73 Å². The average Bonchev–Trinajstić information content (AvgIpc) is 3.12. The highest BCUT2D eigenvalue weighted by molar-refractivity contribution is 7.80. The molecule has 0 aliphatic carbocycles. The van der Waals surface area contributed by atoms with Gasteiger partial charge in [-0.05, 0) is 18.6 Å². The Bertz CT molecular complexity index is 929. The van der Waals surface area contributed by atoms with Gasteiger partial charge in [-0.1, -0.05) is 18.2 Å². The number of H-pyrrole nitrogens is 1. The third-order valence-corrected chi connectivity index (χ3v) is 4.75. The van der Waals surface area contributed by atoms with E-state index in [1.54, 1.807) is 6.20 Å². The van der Waals surface area contributed by atoms with Gasteiger partial charge in [0.1, 0.15) is 12.1 Å². The van der Waals surface area contributed by atoms with Gasteiger partial charge in [-0.3, -0.25) is 14.4 Å². The first-order chi connectivity index (χ1) is 14.2. The molecule has 3 atom stereocenters. The molecular weight excluding hydrogens is 410 g/mol. The summed E-state index contributed by atoms with van der Waals surface area (Å²) in [5.74, 6) is -3.12. The number of carboxylic acids is 1. The van der Waals surface area contributed by atoms with E-state index < -0.39 is 48.4 Å². The summed E-state index contributed by atoms with van der Waals surface area (Å²) in [6.07, 6.45) is 1.92. The van der Waals surface area contributed by atoms with Crippen molar-refractivity contribution in [3.05, 3.63) is 36.0 Å². The molecule has 0 aliphatic rings. The van der Waals surface area contributed by atoms with Crippen LogP contribution in [0.2, 0.25) is 0 Å². The smallest absolute Gasteiger partial charge is 0.327 e. The molecule has 30 heavy (non-hydrogen) atoms. The van der Waals surface area contributed by atoms with E-state index in [0.29, 0.717) is 0 Å². The molecule has 0 radical (unpaired) electrons. The zero-order valence-electron chi connectivity index (χ0n) is 16.3. The monoisotopic (exact) mass is 435 g/mol. The van der Waals surface area contributed by atoms with Crippen LogP contribution in [0.1, 0.15) is 12.5 Å². The molecule has 0 fully saturated rings. The largest absolute Gasteiger partial charge is 0.480 e. The maximum Gasteiger partial charge on any atom is 0.327 e. The van der Waals surface area contributed by atoms with Crippen molar-refractivity contribution in [1.82, 2.24) is 20.9 Å². The van der Waals surface area contributed by atoms with E-state index in [1.165, 1.54) is 6.92 Å². The number of aliphatic carboxylic acids is 1. The summed E-state index contributed by atoms with van der Waals surface area (Å²) in [4.78, 5) is 50.7. The summed E-state index contributed by atoms with van der Waals surface area (Å²) in [5, 5.41) is 17.1. The molecule has 2 aromatic rings. The first-order valence-corrected chi connectivity index (χ1v) is 9.87. The van der Waals surface area contributed by atoms with E-state index in [9.17, 15) is 19.2 Å². The molecule has 11 heteroatoms. The zero-order chi connectivity index (χ0) is 22.3. The minimum absolute atomic E-state index is 0.0946. The molecule has 3 amide bonds. The Kier molecular flexibility index (Phi) is 8.25. The topological polar surface area (TPSA) is 166 Å². The molecule has 0 bridgehead atoms. The van der Waals surface area contributed by atoms with Crippen LogP contribution in [-0.2, 0) is 25.6 Å². The van der Waals surface area contributed by atoms with Crippen LogP contribution in [-0.4, -0.2) is 64.2 Å². The van der Waals surface area contributed by atoms with Gasteiger partial charge in [0.2, 0.25) is 17.7 Å². The number of benzene rings is 1. The normalized spacial score (nSPS) is 13.8. The van der Waals surface area contributed by atoms with Crippen molar-refractivity contribution in [1.29, 1.82) is 0 Å². The number of nitrogens with one attached hydrogen (secondary N) is 4. The fourth-order valence-electron chi connectivity index (χ4n) is 2.75. The van der Waals surface area contributed by atoms with Crippen LogP contribution in [0.3, 0.4) is 0 Å². The van der Waals surface area contributed by atoms with Crippen molar-refractivity contribution < 1.29 is 24.3 Å². The second kappa shape index (κ2) is 10.6. The molecule has 1 aromatic carbocycles. The Morgan fingerprint density at radius 3 is 2.47 bits per heavy atom. The molecule has 7 N–H and O–H groups in total. The van der Waals surface area contributed by atoms with Crippen LogP contribution in [0.25, 0.3) is 10.9 Å². The minimum Gasteiger partial charge on any atom is -0.480 e. The van der Waals surface area contributed by atoms with E-state index in [0.717, 1.165) is 16.5 Å². The second-order valence-corrected chi connectivity index (χ2v) is 7.14. The number of hydrogen-bond donors (Lipinski definition) is 7. The molecule has 2 rings (SSSR count). The molecule has 162 valence electrons. The lowest BCUT2D eigenvalue weighted by molar-refractivity contribution is -0.141. The number of fused-ring (bicyclic) bond motifs is 1. The molecule has 3 unspecified atom stereocenters. The Labute approximate surface area is 178 Å². The number of carbonyl (C=O) groups is 4. The third-order valence-electron chi connectivity index (χ3n) is 4.38. The number of aromatic nitrogens is 1. The molecular formula is C19H25N5O5S. The third kappa shape index (κ3) is 6.22. The van der Waals surface area contributed by atoms with Crippen molar-refractivity contribution in [2.75, 3.05) is 12.3 Å². The standard InChI is InChI=1S/C19H25N5O5S/c1-10(20)17(26)24-14(6-11-7-21-13-5-3-2-4-12(11)13)18(27)22-8-16(25)23-15(9-30)19(28)29/h2-5,7,10,14-15,21,30H,6,8-9,20H2,1H3,(H,22,27)(H,23,25)(H,24,26)(H,28,29). The lowest BCUT2D eigenvalue weighted by Gasteiger charge is -2.20. The maximum absolute atomic E-state index is 12.7. The predicted molar refractivity (Wildman–Crippen MR) is 114 cm³/mol. The van der Waals surface area contributed by atoms with Crippen LogP contribution < -0.4 is 21.7 Å². The number of hydrogen-bond acceptors (Lipinski definition) is 6. The van der Waals surface area contributed by atoms with Crippen LogP contribution in [0, 0.1) is 0 Å². The minimum atomic E-state index is -1.23. The van der Waals surface area contributed by atoms with Crippen molar-refractivity contribution in [3.8, 4) is 0 Å². The number of para-hydroxylation sites is 1. The number of carboxylic acid groups (broad SMARTS) is 1. The van der Waals surface area contributed by atoms with Gasteiger partial charge in [0.25, 0.3) is 0 Å². The Hall–Kier alpha value is -3.05. The highest BCUT2D eigenvalue weighted by Crippen LogP contribution is 2.19. The summed E-state index contributed by atoms with van der Waals surface area (Å²) >= 11 is 3.86. The van der Waals surface area contributed by atoms with Crippen LogP contribution in [0.5, 0.6) is 0 Å². The van der Waals surface area contributed by atoms with Crippen LogP contribution in [0.4, 0.5) is 0 Å². The lowest BCUT2D eigenvalue weighted by atomic mass is 10.0. The fraction of sp³-hybridized carbons (Fsp3) is 0.368. The number of nitrogens with two attached hydrogens (primary N) is 1. The molecule has 1 heterocycles. The van der Waals surface area contributed by atoms with E-state index in [4.69, 9.17) is 10.8 Å². The van der Waals surface area contributed by atoms with Gasteiger partial charge in [0.15, 0.2) is 0 Å². The highest BCUT2D eigenvalue weighted by atomic mass is 32.1. The quantitative estimate of drug-likeness (QED) is 0.240. The Morgan fingerprint density at radius 1 is 1.13 bits per heavy atom. The zero-order valence-corrected chi connectivity index (χ0v) is 17.2.